The maximum Gasteiger partial charge on any atom is 0.254 e. The third-order valence-electron chi connectivity index (χ3n) is 5.12. The summed E-state index contributed by atoms with van der Waals surface area (Å²) < 4.78 is 7.50. The molecule has 0 saturated carbocycles. The first-order valence-corrected chi connectivity index (χ1v) is 8.75. The number of aromatic nitrogens is 1. The predicted octanol–water partition coefficient (Wildman–Crippen LogP) is 4.26. The fourth-order valence-corrected chi connectivity index (χ4v) is 3.60. The van der Waals surface area contributed by atoms with Gasteiger partial charge >= 0.3 is 0 Å². The standard InChI is InChI=1S/C21H22N2O2/c1-3-22-11-9-16-13-17(7-8-19(16)22)21(24)23-12-10-20(23)15-5-4-6-18(14-15)25-2/h4-9,11,13-14,20H,3,10,12H2,1-2H3/t20-/m0/s1. The maximum absolute atomic E-state index is 13.0. The van der Waals surface area contributed by atoms with Crippen LogP contribution in [0.2, 0.25) is 0 Å². The lowest BCUT2D eigenvalue weighted by atomic mass is 9.93. The summed E-state index contributed by atoms with van der Waals surface area (Å²) in [4.78, 5) is 14.9. The van der Waals surface area contributed by atoms with Crippen LogP contribution >= 0.6 is 0 Å². The highest BCUT2D eigenvalue weighted by molar-refractivity contribution is 5.98. The molecule has 1 amide bonds. The van der Waals surface area contributed by atoms with E-state index in [1.54, 1.807) is 7.11 Å². The van der Waals surface area contributed by atoms with E-state index in [9.17, 15) is 4.79 Å². The molecular formula is C21H22N2O2. The van der Waals surface area contributed by atoms with Crippen LogP contribution in [0, 0.1) is 0 Å². The normalized spacial score (nSPS) is 16.7. The molecule has 25 heavy (non-hydrogen) atoms. The van der Waals surface area contributed by atoms with Crippen molar-refractivity contribution in [3.8, 4) is 5.75 Å². The number of ether oxygens (including phenoxy) is 1. The number of amides is 1. The number of fused-ring (bicyclic) bond motifs is 1. The molecule has 1 saturated heterocycles. The SMILES string of the molecule is CCn1ccc2cc(C(=O)N3CC[C@H]3c3cccc(OC)c3)ccc21. The van der Waals surface area contributed by atoms with Crippen LogP contribution in [-0.2, 0) is 6.54 Å². The van der Waals surface area contributed by atoms with Gasteiger partial charge in [0.1, 0.15) is 5.75 Å². The van der Waals surface area contributed by atoms with E-state index in [0.29, 0.717) is 0 Å². The van der Waals surface area contributed by atoms with E-state index >= 15 is 0 Å². The lowest BCUT2D eigenvalue weighted by Gasteiger charge is -2.41. The number of nitrogens with zero attached hydrogens (tertiary/aromatic N) is 2. The quantitative estimate of drug-likeness (QED) is 0.714. The summed E-state index contributed by atoms with van der Waals surface area (Å²) in [6.07, 6.45) is 3.06. The number of hydrogen-bond donors (Lipinski definition) is 0. The third kappa shape index (κ3) is 2.68. The molecule has 4 rings (SSSR count). The Bertz CT molecular complexity index is 929. The van der Waals surface area contributed by atoms with Crippen LogP contribution in [0.5, 0.6) is 5.75 Å². The molecular weight excluding hydrogens is 312 g/mol. The number of benzene rings is 2. The van der Waals surface area contributed by atoms with Crippen molar-refractivity contribution in [2.24, 2.45) is 0 Å². The number of methoxy groups -OCH3 is 1. The summed E-state index contributed by atoms with van der Waals surface area (Å²) in [5.41, 5.74) is 3.07. The van der Waals surface area contributed by atoms with Crippen molar-refractivity contribution in [3.63, 3.8) is 0 Å². The van der Waals surface area contributed by atoms with Gasteiger partial charge in [-0.05, 0) is 55.3 Å². The molecule has 1 aliphatic rings. The van der Waals surface area contributed by atoms with Crippen molar-refractivity contribution in [2.75, 3.05) is 13.7 Å². The molecule has 0 bridgehead atoms. The van der Waals surface area contributed by atoms with Crippen LogP contribution in [0.4, 0.5) is 0 Å². The molecule has 1 fully saturated rings. The van der Waals surface area contributed by atoms with Crippen molar-refractivity contribution in [1.82, 2.24) is 9.47 Å². The molecule has 0 unspecified atom stereocenters. The van der Waals surface area contributed by atoms with Gasteiger partial charge < -0.3 is 14.2 Å². The molecule has 3 aromatic rings. The van der Waals surface area contributed by atoms with E-state index in [4.69, 9.17) is 4.74 Å². The second-order valence-corrected chi connectivity index (χ2v) is 6.45. The van der Waals surface area contributed by atoms with Crippen molar-refractivity contribution < 1.29 is 9.53 Å². The first-order valence-electron chi connectivity index (χ1n) is 8.75. The van der Waals surface area contributed by atoms with Gasteiger partial charge in [0, 0.05) is 35.8 Å². The van der Waals surface area contributed by atoms with Gasteiger partial charge in [-0.3, -0.25) is 4.79 Å². The molecule has 2 aromatic carbocycles. The molecule has 2 heterocycles. The highest BCUT2D eigenvalue weighted by atomic mass is 16.5. The van der Waals surface area contributed by atoms with E-state index in [1.165, 1.54) is 5.52 Å². The van der Waals surface area contributed by atoms with E-state index < -0.39 is 0 Å². The van der Waals surface area contributed by atoms with Crippen LogP contribution in [0.1, 0.15) is 35.3 Å². The maximum atomic E-state index is 13.0. The van der Waals surface area contributed by atoms with Crippen LogP contribution in [0.25, 0.3) is 10.9 Å². The monoisotopic (exact) mass is 334 g/mol. The topological polar surface area (TPSA) is 34.5 Å². The van der Waals surface area contributed by atoms with Crippen LogP contribution < -0.4 is 4.74 Å². The first-order chi connectivity index (χ1) is 12.2. The van der Waals surface area contributed by atoms with Crippen molar-refractivity contribution >= 4 is 16.8 Å². The number of carbonyl (C=O) groups is 1. The molecule has 0 aliphatic carbocycles. The molecule has 0 N–H and O–H groups in total. The molecule has 0 spiro atoms. The summed E-state index contributed by atoms with van der Waals surface area (Å²) in [6.45, 7) is 3.85. The molecule has 4 heteroatoms. The van der Waals surface area contributed by atoms with Gasteiger partial charge in [0.2, 0.25) is 0 Å². The van der Waals surface area contributed by atoms with Crippen LogP contribution in [0.3, 0.4) is 0 Å². The lowest BCUT2D eigenvalue weighted by molar-refractivity contribution is 0.0460. The zero-order valence-corrected chi connectivity index (χ0v) is 14.6. The minimum Gasteiger partial charge on any atom is -0.497 e. The van der Waals surface area contributed by atoms with Crippen molar-refractivity contribution in [1.29, 1.82) is 0 Å². The molecule has 4 nitrogen and oxygen atoms in total. The smallest absolute Gasteiger partial charge is 0.254 e. The number of aryl methyl sites for hydroxylation is 1. The Labute approximate surface area is 147 Å². The number of rotatable bonds is 4. The predicted molar refractivity (Wildman–Crippen MR) is 99.0 cm³/mol. The van der Waals surface area contributed by atoms with E-state index in [0.717, 1.165) is 41.8 Å². The van der Waals surface area contributed by atoms with Gasteiger partial charge in [-0.2, -0.15) is 0 Å². The Kier molecular flexibility index (Phi) is 3.96. The average molecular weight is 334 g/mol. The fraction of sp³-hybridized carbons (Fsp3) is 0.286. The largest absolute Gasteiger partial charge is 0.497 e. The van der Waals surface area contributed by atoms with Crippen molar-refractivity contribution in [3.05, 3.63) is 65.9 Å². The second-order valence-electron chi connectivity index (χ2n) is 6.45. The summed E-state index contributed by atoms with van der Waals surface area (Å²) in [5.74, 6) is 0.935. The number of likely N-dealkylation sites (tertiary alicyclic amines) is 1. The van der Waals surface area contributed by atoms with Crippen LogP contribution in [0.15, 0.2) is 54.7 Å². The number of carbonyl (C=O) groups excluding carboxylic acids is 1. The summed E-state index contributed by atoms with van der Waals surface area (Å²) in [6, 6.07) is 16.2. The summed E-state index contributed by atoms with van der Waals surface area (Å²) >= 11 is 0. The van der Waals surface area contributed by atoms with Gasteiger partial charge in [-0.25, -0.2) is 0 Å². The molecule has 128 valence electrons. The van der Waals surface area contributed by atoms with Crippen molar-refractivity contribution in [2.45, 2.75) is 25.9 Å². The molecule has 1 aliphatic heterocycles. The average Bonchev–Trinajstić information content (AvgIpc) is 3.03. The summed E-state index contributed by atoms with van der Waals surface area (Å²) in [7, 11) is 1.67. The highest BCUT2D eigenvalue weighted by Gasteiger charge is 2.34. The minimum atomic E-state index is 0.102. The Morgan fingerprint density at radius 3 is 2.80 bits per heavy atom. The van der Waals surface area contributed by atoms with Gasteiger partial charge in [0.15, 0.2) is 0 Å². The highest BCUT2D eigenvalue weighted by Crippen LogP contribution is 2.36. The van der Waals surface area contributed by atoms with Gasteiger partial charge in [0.25, 0.3) is 5.91 Å². The zero-order chi connectivity index (χ0) is 17.4. The second kappa shape index (κ2) is 6.28. The van der Waals surface area contributed by atoms with E-state index in [2.05, 4.69) is 29.8 Å². The first kappa shape index (κ1) is 15.8. The lowest BCUT2D eigenvalue weighted by Crippen LogP contribution is -2.45. The van der Waals surface area contributed by atoms with Gasteiger partial charge in [0.05, 0.1) is 13.2 Å². The minimum absolute atomic E-state index is 0.102. The zero-order valence-electron chi connectivity index (χ0n) is 14.6. The Morgan fingerprint density at radius 2 is 2.08 bits per heavy atom. The van der Waals surface area contributed by atoms with Gasteiger partial charge in [-0.15, -0.1) is 0 Å². The van der Waals surface area contributed by atoms with Gasteiger partial charge in [-0.1, -0.05) is 12.1 Å². The molecule has 1 aromatic heterocycles. The third-order valence-corrected chi connectivity index (χ3v) is 5.12. The Hall–Kier alpha value is -2.75. The Balaban J connectivity index is 1.60. The Morgan fingerprint density at radius 1 is 1.20 bits per heavy atom. The number of hydrogen-bond acceptors (Lipinski definition) is 2. The molecule has 0 radical (unpaired) electrons. The van der Waals surface area contributed by atoms with E-state index in [1.807, 2.05) is 41.3 Å². The van der Waals surface area contributed by atoms with Crippen LogP contribution in [-0.4, -0.2) is 29.0 Å². The fourth-order valence-electron chi connectivity index (χ4n) is 3.60. The van der Waals surface area contributed by atoms with E-state index in [-0.39, 0.29) is 11.9 Å². The summed E-state index contributed by atoms with van der Waals surface area (Å²) in [5, 5.41) is 1.12. The molecule has 1 atom stereocenters.